The molecule has 0 aliphatic rings. The molecule has 0 aliphatic heterocycles. The summed E-state index contributed by atoms with van der Waals surface area (Å²) in [4.78, 5) is 35.1. The van der Waals surface area contributed by atoms with E-state index in [-0.39, 0.29) is 24.0 Å². The molecule has 31 heavy (non-hydrogen) atoms. The third kappa shape index (κ3) is 5.03. The standard InChI is InChI=1S/C22H24ClN5O3/c1-4-10-27(2)22(30)19-20(25-14-29)26-21(15-6-5-7-18(11-15)31-3)28(19)13-17-9-8-16(23)12-24-17/h5-9,11-12,14H,4,10,13H2,1-3H3,(H,25,29). The highest BCUT2D eigenvalue weighted by atomic mass is 35.5. The number of ether oxygens (including phenoxy) is 1. The lowest BCUT2D eigenvalue weighted by molar-refractivity contribution is -0.105. The molecule has 0 atom stereocenters. The molecule has 0 radical (unpaired) electrons. The minimum atomic E-state index is -0.248. The van der Waals surface area contributed by atoms with Crippen molar-refractivity contribution in [3.63, 3.8) is 0 Å². The summed E-state index contributed by atoms with van der Waals surface area (Å²) in [6, 6.07) is 10.9. The largest absolute Gasteiger partial charge is 0.497 e. The number of amides is 2. The van der Waals surface area contributed by atoms with E-state index in [0.29, 0.717) is 35.2 Å². The Balaban J connectivity index is 2.20. The zero-order chi connectivity index (χ0) is 22.4. The summed E-state index contributed by atoms with van der Waals surface area (Å²) >= 11 is 5.97. The first-order valence-electron chi connectivity index (χ1n) is 9.79. The number of pyridine rings is 1. The number of carbonyl (C=O) groups excluding carboxylic acids is 2. The Bertz CT molecular complexity index is 1070. The van der Waals surface area contributed by atoms with Crippen molar-refractivity contribution in [2.45, 2.75) is 19.9 Å². The lowest BCUT2D eigenvalue weighted by atomic mass is 10.2. The Kier molecular flexibility index (Phi) is 7.25. The molecule has 8 nitrogen and oxygen atoms in total. The van der Waals surface area contributed by atoms with Gasteiger partial charge in [0.1, 0.15) is 11.6 Å². The first-order chi connectivity index (χ1) is 15.0. The number of halogens is 1. The van der Waals surface area contributed by atoms with E-state index in [1.54, 1.807) is 42.0 Å². The summed E-state index contributed by atoms with van der Waals surface area (Å²) in [7, 11) is 3.30. The molecule has 0 aliphatic carbocycles. The van der Waals surface area contributed by atoms with Crippen LogP contribution in [0.4, 0.5) is 5.82 Å². The van der Waals surface area contributed by atoms with Crippen LogP contribution < -0.4 is 10.1 Å². The summed E-state index contributed by atoms with van der Waals surface area (Å²) in [5.41, 5.74) is 1.70. The molecule has 1 aromatic carbocycles. The van der Waals surface area contributed by atoms with Crippen LogP contribution in [0.5, 0.6) is 5.75 Å². The number of aromatic nitrogens is 3. The fourth-order valence-corrected chi connectivity index (χ4v) is 3.35. The normalized spacial score (nSPS) is 10.6. The maximum Gasteiger partial charge on any atom is 0.274 e. The van der Waals surface area contributed by atoms with E-state index >= 15 is 0 Å². The molecule has 0 fully saturated rings. The van der Waals surface area contributed by atoms with Crippen LogP contribution in [0.3, 0.4) is 0 Å². The number of imidazole rings is 1. The zero-order valence-electron chi connectivity index (χ0n) is 17.6. The molecule has 3 rings (SSSR count). The molecule has 0 saturated carbocycles. The second-order valence-electron chi connectivity index (χ2n) is 6.91. The van der Waals surface area contributed by atoms with Crippen LogP contribution in [0.15, 0.2) is 42.6 Å². The average molecular weight is 442 g/mol. The summed E-state index contributed by atoms with van der Waals surface area (Å²) in [5.74, 6) is 1.10. The molecular weight excluding hydrogens is 418 g/mol. The molecule has 1 N–H and O–H groups in total. The van der Waals surface area contributed by atoms with Crippen molar-refractivity contribution in [2.75, 3.05) is 26.0 Å². The Hall–Kier alpha value is -3.39. The number of carbonyl (C=O) groups is 2. The van der Waals surface area contributed by atoms with Crippen LogP contribution in [-0.2, 0) is 11.3 Å². The maximum atomic E-state index is 13.3. The van der Waals surface area contributed by atoms with E-state index in [9.17, 15) is 9.59 Å². The van der Waals surface area contributed by atoms with Crippen LogP contribution in [0.25, 0.3) is 11.4 Å². The van der Waals surface area contributed by atoms with E-state index in [1.165, 1.54) is 0 Å². The SMILES string of the molecule is CCCN(C)C(=O)c1c(NC=O)nc(-c2cccc(OC)c2)n1Cc1ccc(Cl)cn1. The van der Waals surface area contributed by atoms with E-state index in [0.717, 1.165) is 12.0 Å². The molecule has 9 heteroatoms. The zero-order valence-corrected chi connectivity index (χ0v) is 18.4. The van der Waals surface area contributed by atoms with Gasteiger partial charge in [-0.05, 0) is 30.7 Å². The smallest absolute Gasteiger partial charge is 0.274 e. The number of methoxy groups -OCH3 is 1. The summed E-state index contributed by atoms with van der Waals surface area (Å²) in [6.07, 6.45) is 2.86. The van der Waals surface area contributed by atoms with Crippen molar-refractivity contribution in [1.29, 1.82) is 0 Å². The van der Waals surface area contributed by atoms with Crippen LogP contribution >= 0.6 is 11.6 Å². The highest BCUT2D eigenvalue weighted by Crippen LogP contribution is 2.29. The van der Waals surface area contributed by atoms with Gasteiger partial charge in [-0.25, -0.2) is 4.98 Å². The Labute approximate surface area is 185 Å². The maximum absolute atomic E-state index is 13.3. The first-order valence-corrected chi connectivity index (χ1v) is 10.2. The van der Waals surface area contributed by atoms with Gasteiger partial charge in [0, 0.05) is 25.4 Å². The molecule has 3 aromatic rings. The predicted octanol–water partition coefficient (Wildman–Crippen LogP) is 3.71. The Morgan fingerprint density at radius 1 is 1.32 bits per heavy atom. The topological polar surface area (TPSA) is 89.4 Å². The number of nitrogens with one attached hydrogen (secondary N) is 1. The van der Waals surface area contributed by atoms with Gasteiger partial charge < -0.3 is 19.5 Å². The number of hydrogen-bond donors (Lipinski definition) is 1. The van der Waals surface area contributed by atoms with Gasteiger partial charge in [0.05, 0.1) is 24.4 Å². The van der Waals surface area contributed by atoms with E-state index in [2.05, 4.69) is 15.3 Å². The van der Waals surface area contributed by atoms with Gasteiger partial charge in [0.15, 0.2) is 11.5 Å². The minimum Gasteiger partial charge on any atom is -0.497 e. The average Bonchev–Trinajstić information content (AvgIpc) is 3.13. The quantitative estimate of drug-likeness (QED) is 0.511. The third-order valence-electron chi connectivity index (χ3n) is 4.71. The van der Waals surface area contributed by atoms with Crippen molar-refractivity contribution in [1.82, 2.24) is 19.4 Å². The second-order valence-corrected chi connectivity index (χ2v) is 7.34. The van der Waals surface area contributed by atoms with Crippen molar-refractivity contribution >= 4 is 29.7 Å². The minimum absolute atomic E-state index is 0.190. The number of anilines is 1. The molecule has 0 unspecified atom stereocenters. The van der Waals surface area contributed by atoms with Crippen molar-refractivity contribution in [2.24, 2.45) is 0 Å². The lowest BCUT2D eigenvalue weighted by Crippen LogP contribution is -2.30. The number of nitrogens with zero attached hydrogens (tertiary/aromatic N) is 4. The molecular formula is C22H24ClN5O3. The van der Waals surface area contributed by atoms with Crippen molar-refractivity contribution in [3.8, 4) is 17.1 Å². The van der Waals surface area contributed by atoms with Crippen LogP contribution in [0.1, 0.15) is 29.5 Å². The fourth-order valence-electron chi connectivity index (χ4n) is 3.24. The predicted molar refractivity (Wildman–Crippen MR) is 120 cm³/mol. The van der Waals surface area contributed by atoms with Crippen LogP contribution in [-0.4, -0.2) is 52.5 Å². The number of rotatable bonds is 9. The summed E-state index contributed by atoms with van der Waals surface area (Å²) in [6.45, 7) is 2.82. The van der Waals surface area contributed by atoms with Crippen LogP contribution in [0.2, 0.25) is 5.02 Å². The lowest BCUT2D eigenvalue weighted by Gasteiger charge is -2.19. The summed E-state index contributed by atoms with van der Waals surface area (Å²) in [5, 5.41) is 3.09. The van der Waals surface area contributed by atoms with Gasteiger partial charge in [0.25, 0.3) is 5.91 Å². The summed E-state index contributed by atoms with van der Waals surface area (Å²) < 4.78 is 7.09. The van der Waals surface area contributed by atoms with Crippen molar-refractivity contribution < 1.29 is 14.3 Å². The molecule has 2 heterocycles. The molecule has 2 amide bonds. The van der Waals surface area contributed by atoms with E-state index in [1.807, 2.05) is 31.2 Å². The van der Waals surface area contributed by atoms with Gasteiger partial charge >= 0.3 is 0 Å². The van der Waals surface area contributed by atoms with Crippen LogP contribution in [0, 0.1) is 0 Å². The highest BCUT2D eigenvalue weighted by molar-refractivity contribution is 6.30. The van der Waals surface area contributed by atoms with Gasteiger partial charge in [-0.15, -0.1) is 0 Å². The third-order valence-corrected chi connectivity index (χ3v) is 4.93. The number of benzene rings is 1. The molecule has 0 spiro atoms. The first kappa shape index (κ1) is 22.3. The fraction of sp³-hybridized carbons (Fsp3) is 0.273. The Morgan fingerprint density at radius 3 is 2.77 bits per heavy atom. The van der Waals surface area contributed by atoms with E-state index in [4.69, 9.17) is 16.3 Å². The van der Waals surface area contributed by atoms with Crippen molar-refractivity contribution in [3.05, 3.63) is 59.0 Å². The number of hydrogen-bond acceptors (Lipinski definition) is 5. The van der Waals surface area contributed by atoms with Gasteiger partial charge in [-0.1, -0.05) is 30.7 Å². The van der Waals surface area contributed by atoms with Gasteiger partial charge in [-0.3, -0.25) is 14.6 Å². The highest BCUT2D eigenvalue weighted by Gasteiger charge is 2.26. The van der Waals surface area contributed by atoms with Gasteiger partial charge in [0.2, 0.25) is 6.41 Å². The molecule has 0 bridgehead atoms. The molecule has 0 saturated heterocycles. The molecule has 2 aromatic heterocycles. The van der Waals surface area contributed by atoms with E-state index < -0.39 is 0 Å². The second kappa shape index (κ2) is 10.1. The Morgan fingerprint density at radius 2 is 2.13 bits per heavy atom. The molecule has 162 valence electrons. The van der Waals surface area contributed by atoms with Gasteiger partial charge in [-0.2, -0.15) is 0 Å². The monoisotopic (exact) mass is 441 g/mol.